The zero-order valence-electron chi connectivity index (χ0n) is 12.4. The van der Waals surface area contributed by atoms with Gasteiger partial charge in [0.05, 0.1) is 18.8 Å². The zero-order chi connectivity index (χ0) is 14.2. The summed E-state index contributed by atoms with van der Waals surface area (Å²) in [6.07, 6.45) is 5.89. The summed E-state index contributed by atoms with van der Waals surface area (Å²) < 4.78 is 5.83. The van der Waals surface area contributed by atoms with Crippen molar-refractivity contribution in [3.05, 3.63) is 22.4 Å². The Kier molecular flexibility index (Phi) is 7.00. The lowest BCUT2D eigenvalue weighted by Gasteiger charge is -2.27. The lowest BCUT2D eigenvalue weighted by molar-refractivity contribution is -0.0305. The molecule has 20 heavy (non-hydrogen) atoms. The molecule has 0 spiro atoms. The van der Waals surface area contributed by atoms with Gasteiger partial charge in [-0.3, -0.25) is 0 Å². The maximum Gasteiger partial charge on any atom is 0.0897 e. The summed E-state index contributed by atoms with van der Waals surface area (Å²) in [4.78, 5) is 0. The van der Waals surface area contributed by atoms with Crippen LogP contribution in [0.3, 0.4) is 0 Å². The summed E-state index contributed by atoms with van der Waals surface area (Å²) in [5, 5.41) is 17.5. The highest BCUT2D eigenvalue weighted by Gasteiger charge is 2.20. The monoisotopic (exact) mass is 297 g/mol. The van der Waals surface area contributed by atoms with Crippen molar-refractivity contribution in [3.8, 4) is 0 Å². The van der Waals surface area contributed by atoms with E-state index in [4.69, 9.17) is 4.74 Å². The first kappa shape index (κ1) is 16.0. The molecular formula is C16H27NO2S. The van der Waals surface area contributed by atoms with E-state index in [1.807, 2.05) is 0 Å². The van der Waals surface area contributed by atoms with E-state index in [0.29, 0.717) is 19.3 Å². The third kappa shape index (κ3) is 5.92. The maximum absolute atomic E-state index is 9.92. The molecule has 0 aromatic carbocycles. The number of hydrogen-bond donors (Lipinski definition) is 2. The van der Waals surface area contributed by atoms with E-state index >= 15 is 0 Å². The number of thiophene rings is 1. The molecule has 3 atom stereocenters. The second-order valence-corrected chi connectivity index (χ2v) is 6.75. The van der Waals surface area contributed by atoms with Gasteiger partial charge in [-0.25, -0.2) is 0 Å². The van der Waals surface area contributed by atoms with Crippen LogP contribution in [-0.2, 0) is 11.2 Å². The Morgan fingerprint density at radius 1 is 1.50 bits per heavy atom. The fraction of sp³-hybridized carbons (Fsp3) is 0.750. The molecule has 1 saturated carbocycles. The minimum Gasteiger partial charge on any atom is -0.389 e. The Balaban J connectivity index is 1.50. The Morgan fingerprint density at radius 2 is 2.40 bits per heavy atom. The summed E-state index contributed by atoms with van der Waals surface area (Å²) in [5.74, 6) is 0.773. The largest absolute Gasteiger partial charge is 0.389 e. The zero-order valence-corrected chi connectivity index (χ0v) is 13.2. The fourth-order valence-corrected chi connectivity index (χ4v) is 3.48. The highest BCUT2D eigenvalue weighted by molar-refractivity contribution is 7.07. The van der Waals surface area contributed by atoms with Crippen LogP contribution in [0.5, 0.6) is 0 Å². The summed E-state index contributed by atoms with van der Waals surface area (Å²) in [6, 6.07) is 2.15. The number of aliphatic hydroxyl groups is 1. The second-order valence-electron chi connectivity index (χ2n) is 5.97. The molecule has 0 amide bonds. The maximum atomic E-state index is 9.92. The molecule has 0 saturated heterocycles. The third-order valence-electron chi connectivity index (χ3n) is 3.96. The van der Waals surface area contributed by atoms with Crippen LogP contribution < -0.4 is 5.32 Å². The minimum atomic E-state index is -0.394. The molecule has 114 valence electrons. The van der Waals surface area contributed by atoms with E-state index in [0.717, 1.165) is 31.7 Å². The van der Waals surface area contributed by atoms with Crippen LogP contribution in [0.15, 0.2) is 16.8 Å². The number of ether oxygens (including phenoxy) is 1. The molecule has 1 heterocycles. The van der Waals surface area contributed by atoms with Gasteiger partial charge in [0.15, 0.2) is 0 Å². The van der Waals surface area contributed by atoms with E-state index in [9.17, 15) is 5.11 Å². The van der Waals surface area contributed by atoms with Crippen molar-refractivity contribution in [3.63, 3.8) is 0 Å². The molecule has 2 N–H and O–H groups in total. The average molecular weight is 297 g/mol. The minimum absolute atomic E-state index is 0.360. The van der Waals surface area contributed by atoms with E-state index in [1.165, 1.54) is 18.4 Å². The van der Waals surface area contributed by atoms with Gasteiger partial charge in [-0.1, -0.05) is 19.8 Å². The SMILES string of the molecule is CC1CCCC(OCC(O)CNCCc2ccsc2)C1. The molecule has 2 rings (SSSR count). The molecule has 1 aliphatic rings. The fourth-order valence-electron chi connectivity index (χ4n) is 2.77. The molecule has 3 unspecified atom stereocenters. The predicted molar refractivity (Wildman–Crippen MR) is 84.3 cm³/mol. The second kappa shape index (κ2) is 8.78. The molecule has 0 aliphatic heterocycles. The van der Waals surface area contributed by atoms with Gasteiger partial charge in [0, 0.05) is 6.54 Å². The summed E-state index contributed by atoms with van der Waals surface area (Å²) in [6.45, 7) is 4.28. The number of nitrogens with one attached hydrogen (secondary N) is 1. The molecule has 1 aliphatic carbocycles. The average Bonchev–Trinajstić information content (AvgIpc) is 2.95. The Bertz CT molecular complexity index is 355. The van der Waals surface area contributed by atoms with Gasteiger partial charge in [-0.05, 0) is 54.1 Å². The van der Waals surface area contributed by atoms with Gasteiger partial charge < -0.3 is 15.2 Å². The highest BCUT2D eigenvalue weighted by Crippen LogP contribution is 2.25. The smallest absolute Gasteiger partial charge is 0.0897 e. The van der Waals surface area contributed by atoms with E-state index in [-0.39, 0.29) is 0 Å². The molecule has 1 fully saturated rings. The first-order valence-corrected chi connectivity index (χ1v) is 8.69. The Hall–Kier alpha value is -0.420. The van der Waals surface area contributed by atoms with Gasteiger partial charge in [0.25, 0.3) is 0 Å². The van der Waals surface area contributed by atoms with Crippen molar-refractivity contribution >= 4 is 11.3 Å². The van der Waals surface area contributed by atoms with Crippen molar-refractivity contribution < 1.29 is 9.84 Å². The van der Waals surface area contributed by atoms with Crippen molar-refractivity contribution in [2.45, 2.75) is 51.2 Å². The number of aliphatic hydroxyl groups excluding tert-OH is 1. The summed E-state index contributed by atoms with van der Waals surface area (Å²) >= 11 is 1.73. The molecule has 0 bridgehead atoms. The standard InChI is InChI=1S/C16H27NO2S/c1-13-3-2-4-16(9-13)19-11-15(18)10-17-7-5-14-6-8-20-12-14/h6,8,12-13,15-18H,2-5,7,9-11H2,1H3. The Morgan fingerprint density at radius 3 is 3.15 bits per heavy atom. The van der Waals surface area contributed by atoms with E-state index in [1.54, 1.807) is 11.3 Å². The van der Waals surface area contributed by atoms with Crippen LogP contribution in [-0.4, -0.2) is 37.0 Å². The van der Waals surface area contributed by atoms with E-state index in [2.05, 4.69) is 29.1 Å². The van der Waals surface area contributed by atoms with Crippen LogP contribution in [0.25, 0.3) is 0 Å². The molecule has 1 aromatic heterocycles. The molecule has 0 radical (unpaired) electrons. The van der Waals surface area contributed by atoms with Gasteiger partial charge in [0.2, 0.25) is 0 Å². The van der Waals surface area contributed by atoms with Gasteiger partial charge >= 0.3 is 0 Å². The first-order valence-electron chi connectivity index (χ1n) is 7.75. The first-order chi connectivity index (χ1) is 9.74. The van der Waals surface area contributed by atoms with Crippen LogP contribution in [0.1, 0.15) is 38.2 Å². The molecule has 4 heteroatoms. The Labute approximate surface area is 126 Å². The van der Waals surface area contributed by atoms with Gasteiger partial charge in [-0.2, -0.15) is 11.3 Å². The van der Waals surface area contributed by atoms with Gasteiger partial charge in [0.1, 0.15) is 0 Å². The normalized spacial score (nSPS) is 24.7. The number of rotatable bonds is 8. The van der Waals surface area contributed by atoms with E-state index < -0.39 is 6.10 Å². The van der Waals surface area contributed by atoms with Crippen molar-refractivity contribution in [2.75, 3.05) is 19.7 Å². The highest BCUT2D eigenvalue weighted by atomic mass is 32.1. The third-order valence-corrected chi connectivity index (χ3v) is 4.70. The molecule has 1 aromatic rings. The van der Waals surface area contributed by atoms with Gasteiger partial charge in [-0.15, -0.1) is 0 Å². The topological polar surface area (TPSA) is 41.5 Å². The van der Waals surface area contributed by atoms with Crippen molar-refractivity contribution in [1.29, 1.82) is 0 Å². The van der Waals surface area contributed by atoms with Crippen LogP contribution in [0.2, 0.25) is 0 Å². The van der Waals surface area contributed by atoms with Crippen molar-refractivity contribution in [2.24, 2.45) is 5.92 Å². The van der Waals surface area contributed by atoms with Crippen LogP contribution >= 0.6 is 11.3 Å². The van der Waals surface area contributed by atoms with Crippen molar-refractivity contribution in [1.82, 2.24) is 5.32 Å². The predicted octanol–water partition coefficient (Wildman–Crippen LogP) is 2.84. The molecular weight excluding hydrogens is 270 g/mol. The number of hydrogen-bond acceptors (Lipinski definition) is 4. The summed E-state index contributed by atoms with van der Waals surface area (Å²) in [5.41, 5.74) is 1.37. The van der Waals surface area contributed by atoms with Crippen LogP contribution in [0, 0.1) is 5.92 Å². The van der Waals surface area contributed by atoms with Crippen LogP contribution in [0.4, 0.5) is 0 Å². The lowest BCUT2D eigenvalue weighted by Crippen LogP contribution is -2.34. The lowest BCUT2D eigenvalue weighted by atomic mass is 9.89. The quantitative estimate of drug-likeness (QED) is 0.725. The molecule has 3 nitrogen and oxygen atoms in total. The summed E-state index contributed by atoms with van der Waals surface area (Å²) in [7, 11) is 0.